The molecule has 1 amide bonds. The van der Waals surface area contributed by atoms with Crippen LogP contribution in [0.2, 0.25) is 0 Å². The number of piperidine rings is 1. The Kier molecular flexibility index (Phi) is 7.06. The van der Waals surface area contributed by atoms with E-state index in [1.165, 1.54) is 15.6 Å². The van der Waals surface area contributed by atoms with Crippen LogP contribution in [0, 0.1) is 5.92 Å². The summed E-state index contributed by atoms with van der Waals surface area (Å²) in [5.41, 5.74) is 0.770. The molecule has 0 N–H and O–H groups in total. The third-order valence-corrected chi connectivity index (χ3v) is 9.54. The number of amides is 1. The standard InChI is InChI=1S/C25H29N3O5S2/c1-32-19-11-12-23-22(15-19)26-25(34-23)28(17-20-8-6-14-33-20)24(29)18-7-5-13-27(16-18)35(30,31)21-9-3-2-4-10-21/h2-4,9-12,15,18,20H,5-8,13-14,16-17H2,1H3. The van der Waals surface area contributed by atoms with Crippen molar-refractivity contribution in [3.8, 4) is 5.75 Å². The highest BCUT2D eigenvalue weighted by molar-refractivity contribution is 7.89. The fourth-order valence-electron chi connectivity index (χ4n) is 4.72. The molecule has 2 atom stereocenters. The maximum Gasteiger partial charge on any atom is 0.243 e. The first-order valence-corrected chi connectivity index (χ1v) is 14.1. The van der Waals surface area contributed by atoms with Crippen molar-refractivity contribution in [1.29, 1.82) is 0 Å². The molecular formula is C25H29N3O5S2. The normalized spacial score (nSPS) is 21.3. The zero-order chi connectivity index (χ0) is 24.4. The first kappa shape index (κ1) is 24.2. The number of hydrogen-bond acceptors (Lipinski definition) is 7. The molecule has 0 bridgehead atoms. The van der Waals surface area contributed by atoms with E-state index in [9.17, 15) is 13.2 Å². The van der Waals surface area contributed by atoms with Gasteiger partial charge in [-0.1, -0.05) is 29.5 Å². The van der Waals surface area contributed by atoms with E-state index < -0.39 is 15.9 Å². The highest BCUT2D eigenvalue weighted by Crippen LogP contribution is 2.34. The second-order valence-corrected chi connectivity index (χ2v) is 11.9. The van der Waals surface area contributed by atoms with E-state index in [1.807, 2.05) is 18.2 Å². The van der Waals surface area contributed by atoms with Crippen LogP contribution in [0.15, 0.2) is 53.4 Å². The minimum absolute atomic E-state index is 0.0479. The van der Waals surface area contributed by atoms with Gasteiger partial charge in [-0.3, -0.25) is 9.69 Å². The van der Waals surface area contributed by atoms with Gasteiger partial charge in [0.1, 0.15) is 5.75 Å². The molecule has 3 aromatic rings. The summed E-state index contributed by atoms with van der Waals surface area (Å²) < 4.78 is 40.0. The number of fused-ring (bicyclic) bond motifs is 1. The van der Waals surface area contributed by atoms with Crippen LogP contribution in [0.4, 0.5) is 5.13 Å². The van der Waals surface area contributed by atoms with Gasteiger partial charge in [0.25, 0.3) is 0 Å². The molecule has 186 valence electrons. The zero-order valence-corrected chi connectivity index (χ0v) is 21.3. The van der Waals surface area contributed by atoms with Crippen LogP contribution < -0.4 is 9.64 Å². The van der Waals surface area contributed by atoms with E-state index in [4.69, 9.17) is 14.5 Å². The summed E-state index contributed by atoms with van der Waals surface area (Å²) in [5.74, 6) is 0.171. The van der Waals surface area contributed by atoms with Crippen LogP contribution >= 0.6 is 11.3 Å². The average molecular weight is 516 g/mol. The maximum atomic E-state index is 13.9. The number of methoxy groups -OCH3 is 1. The van der Waals surface area contributed by atoms with E-state index in [-0.39, 0.29) is 23.5 Å². The topological polar surface area (TPSA) is 89.0 Å². The van der Waals surface area contributed by atoms with Crippen LogP contribution in [0.5, 0.6) is 5.75 Å². The molecule has 10 heteroatoms. The maximum absolute atomic E-state index is 13.9. The van der Waals surface area contributed by atoms with Crippen molar-refractivity contribution >= 4 is 42.6 Å². The lowest BCUT2D eigenvalue weighted by atomic mass is 9.98. The number of hydrogen-bond donors (Lipinski definition) is 0. The Morgan fingerprint density at radius 1 is 1.20 bits per heavy atom. The van der Waals surface area contributed by atoms with Gasteiger partial charge in [-0.2, -0.15) is 4.31 Å². The van der Waals surface area contributed by atoms with Gasteiger partial charge in [0.15, 0.2) is 5.13 Å². The number of carbonyl (C=O) groups excluding carboxylic acids is 1. The minimum atomic E-state index is -3.66. The van der Waals surface area contributed by atoms with E-state index in [0.717, 1.165) is 23.1 Å². The van der Waals surface area contributed by atoms with Gasteiger partial charge in [-0.05, 0) is 49.9 Å². The number of rotatable bonds is 7. The Morgan fingerprint density at radius 2 is 2.03 bits per heavy atom. The highest BCUT2D eigenvalue weighted by atomic mass is 32.2. The van der Waals surface area contributed by atoms with Gasteiger partial charge in [0, 0.05) is 25.8 Å². The molecule has 35 heavy (non-hydrogen) atoms. The summed E-state index contributed by atoms with van der Waals surface area (Å²) in [6.07, 6.45) is 3.08. The monoisotopic (exact) mass is 515 g/mol. The third kappa shape index (κ3) is 5.06. The van der Waals surface area contributed by atoms with Crippen LogP contribution in [-0.2, 0) is 19.6 Å². The third-order valence-electron chi connectivity index (χ3n) is 6.60. The quantitative estimate of drug-likeness (QED) is 0.474. The van der Waals surface area contributed by atoms with E-state index >= 15 is 0 Å². The Morgan fingerprint density at radius 3 is 2.77 bits per heavy atom. The summed E-state index contributed by atoms with van der Waals surface area (Å²) in [6, 6.07) is 14.1. The summed E-state index contributed by atoms with van der Waals surface area (Å²) >= 11 is 1.45. The van der Waals surface area contributed by atoms with Crippen molar-refractivity contribution in [2.45, 2.75) is 36.7 Å². The summed E-state index contributed by atoms with van der Waals surface area (Å²) in [6.45, 7) is 1.68. The number of aromatic nitrogens is 1. The summed E-state index contributed by atoms with van der Waals surface area (Å²) in [5, 5.41) is 0.608. The molecular weight excluding hydrogens is 486 g/mol. The van der Waals surface area contributed by atoms with Gasteiger partial charge in [-0.15, -0.1) is 0 Å². The molecule has 2 unspecified atom stereocenters. The molecule has 0 spiro atoms. The molecule has 2 aliphatic heterocycles. The van der Waals surface area contributed by atoms with Crippen molar-refractivity contribution in [3.63, 3.8) is 0 Å². The SMILES string of the molecule is COc1ccc2sc(N(CC3CCCO3)C(=O)C3CCCN(S(=O)(=O)c4ccccc4)C3)nc2c1. The van der Waals surface area contributed by atoms with Crippen molar-refractivity contribution in [3.05, 3.63) is 48.5 Å². The van der Waals surface area contributed by atoms with Crippen molar-refractivity contribution < 1.29 is 22.7 Å². The highest BCUT2D eigenvalue weighted by Gasteiger charge is 2.37. The number of ether oxygens (including phenoxy) is 2. The van der Waals surface area contributed by atoms with Crippen molar-refractivity contribution in [2.75, 3.05) is 38.3 Å². The fourth-order valence-corrected chi connectivity index (χ4v) is 7.22. The second kappa shape index (κ2) is 10.2. The largest absolute Gasteiger partial charge is 0.497 e. The second-order valence-electron chi connectivity index (χ2n) is 8.93. The van der Waals surface area contributed by atoms with Gasteiger partial charge >= 0.3 is 0 Å². The van der Waals surface area contributed by atoms with Crippen LogP contribution in [0.25, 0.3) is 10.2 Å². The molecule has 2 saturated heterocycles. The predicted octanol–water partition coefficient (Wildman–Crippen LogP) is 3.92. The molecule has 1 aromatic heterocycles. The van der Waals surface area contributed by atoms with E-state index in [0.29, 0.717) is 43.4 Å². The molecule has 8 nitrogen and oxygen atoms in total. The van der Waals surface area contributed by atoms with Gasteiger partial charge in [-0.25, -0.2) is 13.4 Å². The number of benzene rings is 2. The Labute approximate surface area is 209 Å². The lowest BCUT2D eigenvalue weighted by Crippen LogP contribution is -2.48. The van der Waals surface area contributed by atoms with Gasteiger partial charge in [0.05, 0.1) is 40.8 Å². The lowest BCUT2D eigenvalue weighted by molar-refractivity contribution is -0.123. The minimum Gasteiger partial charge on any atom is -0.497 e. The van der Waals surface area contributed by atoms with Crippen LogP contribution in [-0.4, -0.2) is 63.1 Å². The smallest absolute Gasteiger partial charge is 0.243 e. The molecule has 0 aliphatic carbocycles. The Balaban J connectivity index is 1.42. The van der Waals surface area contributed by atoms with Crippen LogP contribution in [0.1, 0.15) is 25.7 Å². The van der Waals surface area contributed by atoms with E-state index in [2.05, 4.69) is 0 Å². The van der Waals surface area contributed by atoms with Crippen molar-refractivity contribution in [1.82, 2.24) is 9.29 Å². The van der Waals surface area contributed by atoms with Gasteiger partial charge in [0.2, 0.25) is 15.9 Å². The zero-order valence-electron chi connectivity index (χ0n) is 19.6. The number of carbonyl (C=O) groups is 1. The molecule has 2 fully saturated rings. The summed E-state index contributed by atoms with van der Waals surface area (Å²) in [4.78, 5) is 20.6. The first-order chi connectivity index (χ1) is 17.0. The number of nitrogens with zero attached hydrogens (tertiary/aromatic N) is 3. The molecule has 2 aromatic carbocycles. The van der Waals surface area contributed by atoms with E-state index in [1.54, 1.807) is 42.3 Å². The van der Waals surface area contributed by atoms with Crippen LogP contribution in [0.3, 0.4) is 0 Å². The summed E-state index contributed by atoms with van der Waals surface area (Å²) in [7, 11) is -2.05. The first-order valence-electron chi connectivity index (χ1n) is 11.9. The Hall–Kier alpha value is -2.53. The number of anilines is 1. The molecule has 0 radical (unpaired) electrons. The molecule has 0 saturated carbocycles. The van der Waals surface area contributed by atoms with Gasteiger partial charge < -0.3 is 9.47 Å². The average Bonchev–Trinajstić information content (AvgIpc) is 3.56. The molecule has 2 aliphatic rings. The lowest BCUT2D eigenvalue weighted by Gasteiger charge is -2.34. The Bertz CT molecular complexity index is 1290. The fraction of sp³-hybridized carbons (Fsp3) is 0.440. The number of sulfonamides is 1. The number of thiazole rings is 1. The molecule has 3 heterocycles. The predicted molar refractivity (Wildman–Crippen MR) is 135 cm³/mol. The molecule has 5 rings (SSSR count). The van der Waals surface area contributed by atoms with Crippen molar-refractivity contribution in [2.24, 2.45) is 5.92 Å².